The van der Waals surface area contributed by atoms with E-state index < -0.39 is 0 Å². The molecule has 2 heterocycles. The molecule has 2 bridgehead atoms. The molecular weight excluding hydrogens is 196 g/mol. The Morgan fingerprint density at radius 3 is 1.81 bits per heavy atom. The van der Waals surface area contributed by atoms with Crippen LogP contribution < -0.4 is 0 Å². The van der Waals surface area contributed by atoms with Crippen LogP contribution in [-0.2, 0) is 6.42 Å². The highest BCUT2D eigenvalue weighted by atomic mass is 16.3. The predicted molar refractivity (Wildman–Crippen MR) is 67.7 cm³/mol. The van der Waals surface area contributed by atoms with Crippen molar-refractivity contribution in [1.29, 1.82) is 0 Å². The topological polar surface area (TPSA) is 13.1 Å². The van der Waals surface area contributed by atoms with Crippen molar-refractivity contribution in [2.45, 2.75) is 6.42 Å². The molecule has 0 N–H and O–H groups in total. The van der Waals surface area contributed by atoms with Gasteiger partial charge in [0.05, 0.1) is 0 Å². The van der Waals surface area contributed by atoms with E-state index in [1.807, 2.05) is 48.5 Å². The van der Waals surface area contributed by atoms with Gasteiger partial charge in [-0.15, -0.1) is 6.58 Å². The van der Waals surface area contributed by atoms with Gasteiger partial charge in [0.25, 0.3) is 0 Å². The third kappa shape index (κ3) is 2.74. The van der Waals surface area contributed by atoms with Crippen molar-refractivity contribution in [2.75, 3.05) is 0 Å². The van der Waals surface area contributed by atoms with Crippen LogP contribution in [0.1, 0.15) is 5.56 Å². The first-order chi connectivity index (χ1) is 7.88. The minimum absolute atomic E-state index is 0.968. The van der Waals surface area contributed by atoms with E-state index in [9.17, 15) is 0 Å². The smallest absolute Gasteiger partial charge is 0.127 e. The highest BCUT2D eigenvalue weighted by Crippen LogP contribution is 2.13. The first-order valence-corrected chi connectivity index (χ1v) is 5.31. The average molecular weight is 210 g/mol. The Morgan fingerprint density at radius 2 is 1.44 bits per heavy atom. The zero-order valence-electron chi connectivity index (χ0n) is 9.10. The van der Waals surface area contributed by atoms with Gasteiger partial charge >= 0.3 is 0 Å². The van der Waals surface area contributed by atoms with Gasteiger partial charge in [0.2, 0.25) is 0 Å². The molecule has 1 aromatic carbocycles. The van der Waals surface area contributed by atoms with Gasteiger partial charge in [0, 0.05) is 0 Å². The van der Waals surface area contributed by atoms with Crippen LogP contribution in [0.5, 0.6) is 0 Å². The molecule has 3 rings (SSSR count). The number of fused-ring (bicyclic) bond motifs is 2. The van der Waals surface area contributed by atoms with Crippen LogP contribution in [0, 0.1) is 0 Å². The molecular formula is C15H14O. The number of furan rings is 2. The molecule has 3 aromatic rings. The van der Waals surface area contributed by atoms with E-state index >= 15 is 0 Å². The van der Waals surface area contributed by atoms with E-state index in [1.54, 1.807) is 0 Å². The van der Waals surface area contributed by atoms with Gasteiger partial charge < -0.3 is 4.42 Å². The first-order valence-electron chi connectivity index (χ1n) is 5.31. The molecule has 0 aliphatic carbocycles. The lowest BCUT2D eigenvalue weighted by molar-refractivity contribution is 0.675. The Hall–Kier alpha value is -2.02. The first kappa shape index (κ1) is 10.5. The summed E-state index contributed by atoms with van der Waals surface area (Å²) in [5, 5.41) is 0. The lowest BCUT2D eigenvalue weighted by Crippen LogP contribution is -1.75. The van der Waals surface area contributed by atoms with Gasteiger partial charge in [0.1, 0.15) is 11.2 Å². The number of allylic oxidation sites excluding steroid dienone is 1. The van der Waals surface area contributed by atoms with Crippen LogP contribution in [-0.4, -0.2) is 0 Å². The SMILES string of the molecule is C=CCc1ccccc1.c1cc2ccc1o2. The van der Waals surface area contributed by atoms with Crippen molar-refractivity contribution in [3.63, 3.8) is 0 Å². The summed E-state index contributed by atoms with van der Waals surface area (Å²) in [7, 11) is 0. The lowest BCUT2D eigenvalue weighted by atomic mass is 10.2. The Bertz CT molecular complexity index is 477. The normalized spacial score (nSPS) is 9.75. The molecule has 0 saturated heterocycles. The summed E-state index contributed by atoms with van der Waals surface area (Å²) in [4.78, 5) is 0. The zero-order chi connectivity index (χ0) is 11.2. The van der Waals surface area contributed by atoms with Crippen molar-refractivity contribution >= 4 is 11.2 Å². The molecule has 80 valence electrons. The number of hydrogen-bond donors (Lipinski definition) is 0. The van der Waals surface area contributed by atoms with Gasteiger partial charge in [-0.1, -0.05) is 36.4 Å². The Labute approximate surface area is 95.4 Å². The van der Waals surface area contributed by atoms with E-state index in [0.717, 1.165) is 17.6 Å². The largest absolute Gasteiger partial charge is 0.457 e. The molecule has 0 aliphatic rings. The van der Waals surface area contributed by atoms with Crippen LogP contribution in [0.4, 0.5) is 0 Å². The predicted octanol–water partition coefficient (Wildman–Crippen LogP) is 4.29. The third-order valence-electron chi connectivity index (χ3n) is 2.28. The van der Waals surface area contributed by atoms with E-state index in [0.29, 0.717) is 0 Å². The van der Waals surface area contributed by atoms with Crippen molar-refractivity contribution in [2.24, 2.45) is 0 Å². The van der Waals surface area contributed by atoms with Crippen LogP contribution >= 0.6 is 0 Å². The second-order valence-electron chi connectivity index (χ2n) is 3.55. The molecule has 0 radical (unpaired) electrons. The van der Waals surface area contributed by atoms with Crippen LogP contribution in [0.25, 0.3) is 11.2 Å². The van der Waals surface area contributed by atoms with E-state index in [4.69, 9.17) is 4.42 Å². The maximum absolute atomic E-state index is 5.08. The molecule has 0 amide bonds. The molecule has 0 spiro atoms. The molecule has 2 aromatic heterocycles. The summed E-state index contributed by atoms with van der Waals surface area (Å²) in [5.74, 6) is 0. The second kappa shape index (κ2) is 5.17. The molecule has 0 aliphatic heterocycles. The van der Waals surface area contributed by atoms with Crippen molar-refractivity contribution in [1.82, 2.24) is 0 Å². The Kier molecular flexibility index (Phi) is 3.39. The van der Waals surface area contributed by atoms with Crippen LogP contribution in [0.2, 0.25) is 0 Å². The van der Waals surface area contributed by atoms with Gasteiger partial charge in [-0.05, 0) is 36.2 Å². The molecule has 1 nitrogen and oxygen atoms in total. The van der Waals surface area contributed by atoms with Crippen LogP contribution in [0.3, 0.4) is 0 Å². The minimum atomic E-state index is 0.968. The standard InChI is InChI=1S/C9H10.C6H4O/c1-2-6-9-7-4-3-5-8-9;1-2-6-4-3-5(1)7-6/h2-5,7-8H,1,6H2;1-4H. The highest BCUT2D eigenvalue weighted by Gasteiger charge is 1.91. The van der Waals surface area contributed by atoms with Crippen molar-refractivity contribution in [3.8, 4) is 0 Å². The number of rotatable bonds is 2. The second-order valence-corrected chi connectivity index (χ2v) is 3.55. The summed E-state index contributed by atoms with van der Waals surface area (Å²) >= 11 is 0. The minimum Gasteiger partial charge on any atom is -0.457 e. The summed E-state index contributed by atoms with van der Waals surface area (Å²) in [5.41, 5.74) is 3.26. The van der Waals surface area contributed by atoms with E-state index in [1.165, 1.54) is 5.56 Å². The maximum atomic E-state index is 5.08. The monoisotopic (exact) mass is 210 g/mol. The molecule has 0 fully saturated rings. The summed E-state index contributed by atoms with van der Waals surface area (Å²) in [6.45, 7) is 3.66. The number of hydrogen-bond acceptors (Lipinski definition) is 1. The fourth-order valence-electron chi connectivity index (χ4n) is 1.49. The van der Waals surface area contributed by atoms with Gasteiger partial charge in [-0.2, -0.15) is 0 Å². The van der Waals surface area contributed by atoms with Crippen LogP contribution in [0.15, 0.2) is 71.7 Å². The van der Waals surface area contributed by atoms with Gasteiger partial charge in [0.15, 0.2) is 0 Å². The third-order valence-corrected chi connectivity index (χ3v) is 2.28. The maximum Gasteiger partial charge on any atom is 0.127 e. The van der Waals surface area contributed by atoms with Crippen molar-refractivity contribution in [3.05, 3.63) is 72.8 Å². The summed E-state index contributed by atoms with van der Waals surface area (Å²) < 4.78 is 5.08. The van der Waals surface area contributed by atoms with E-state index in [2.05, 4.69) is 18.7 Å². The summed E-state index contributed by atoms with van der Waals surface area (Å²) in [6, 6.07) is 18.1. The zero-order valence-corrected chi connectivity index (χ0v) is 9.10. The molecule has 0 atom stereocenters. The fraction of sp³-hybridized carbons (Fsp3) is 0.0667. The number of benzene rings is 2. The quantitative estimate of drug-likeness (QED) is 0.575. The van der Waals surface area contributed by atoms with E-state index in [-0.39, 0.29) is 0 Å². The van der Waals surface area contributed by atoms with Gasteiger partial charge in [-0.3, -0.25) is 0 Å². The van der Waals surface area contributed by atoms with Gasteiger partial charge in [-0.25, -0.2) is 0 Å². The molecule has 0 unspecified atom stereocenters. The highest BCUT2D eigenvalue weighted by molar-refractivity contribution is 5.59. The molecule has 0 saturated carbocycles. The fourth-order valence-corrected chi connectivity index (χ4v) is 1.49. The Balaban J connectivity index is 0.000000123. The van der Waals surface area contributed by atoms with Crippen molar-refractivity contribution < 1.29 is 4.42 Å². The summed E-state index contributed by atoms with van der Waals surface area (Å²) in [6.07, 6.45) is 2.89. The average Bonchev–Trinajstić information content (AvgIpc) is 2.96. The Morgan fingerprint density at radius 1 is 0.875 bits per heavy atom. The molecule has 16 heavy (non-hydrogen) atoms. The lowest BCUT2D eigenvalue weighted by Gasteiger charge is -1.91. The molecule has 1 heteroatoms.